The molecule has 0 aliphatic rings. The molecule has 2 rings (SSSR count). The van der Waals surface area contributed by atoms with E-state index in [2.05, 4.69) is 0 Å². The first kappa shape index (κ1) is 15.3. The highest BCUT2D eigenvalue weighted by molar-refractivity contribution is 6.48. The predicted molar refractivity (Wildman–Crippen MR) is 79.0 cm³/mol. The lowest BCUT2D eigenvalue weighted by molar-refractivity contribution is 0.475. The molecule has 0 radical (unpaired) electrons. The summed E-state index contributed by atoms with van der Waals surface area (Å²) in [5.41, 5.74) is 6.11. The maximum absolute atomic E-state index is 8.89. The van der Waals surface area contributed by atoms with Gasteiger partial charge >= 0.3 is 0 Å². The molecular formula is C12H9Cl4NO. The van der Waals surface area contributed by atoms with Crippen LogP contribution in [0.25, 0.3) is 0 Å². The summed E-state index contributed by atoms with van der Waals surface area (Å²) in [6, 6.07) is 9.71. The third-order valence-corrected chi connectivity index (χ3v) is 3.29. The molecule has 0 saturated carbocycles. The lowest BCUT2D eigenvalue weighted by Gasteiger charge is -1.98. The molecule has 0 spiro atoms. The Hall–Kier alpha value is -0.800. The zero-order valence-electron chi connectivity index (χ0n) is 9.00. The molecule has 0 saturated heterocycles. The van der Waals surface area contributed by atoms with Crippen LogP contribution in [0.2, 0.25) is 20.1 Å². The van der Waals surface area contributed by atoms with Crippen molar-refractivity contribution in [2.75, 3.05) is 5.73 Å². The number of nitrogens with two attached hydrogens (primary N) is 1. The normalized spacial score (nSPS) is 9.56. The number of benzene rings is 2. The molecule has 0 unspecified atom stereocenters. The van der Waals surface area contributed by atoms with E-state index in [0.29, 0.717) is 0 Å². The van der Waals surface area contributed by atoms with Gasteiger partial charge in [-0.25, -0.2) is 0 Å². The maximum atomic E-state index is 8.89. The molecule has 0 heterocycles. The number of phenolic OH excluding ortho intramolecular Hbond substituents is 1. The van der Waals surface area contributed by atoms with Gasteiger partial charge < -0.3 is 10.8 Å². The average molecular weight is 325 g/mol. The third-order valence-electron chi connectivity index (χ3n) is 1.84. The second-order valence-electron chi connectivity index (χ2n) is 3.27. The molecular weight excluding hydrogens is 316 g/mol. The molecule has 2 nitrogen and oxygen atoms in total. The van der Waals surface area contributed by atoms with E-state index in [1.54, 1.807) is 24.3 Å². The van der Waals surface area contributed by atoms with E-state index in [0.717, 1.165) is 10.7 Å². The van der Waals surface area contributed by atoms with Gasteiger partial charge in [-0.2, -0.15) is 0 Å². The fraction of sp³-hybridized carbons (Fsp3) is 0. The van der Waals surface area contributed by atoms with Crippen LogP contribution >= 0.6 is 46.4 Å². The molecule has 0 fully saturated rings. The van der Waals surface area contributed by atoms with Crippen molar-refractivity contribution in [3.05, 3.63) is 56.5 Å². The Morgan fingerprint density at radius 3 is 1.67 bits per heavy atom. The van der Waals surface area contributed by atoms with Crippen LogP contribution in [0.4, 0.5) is 5.69 Å². The van der Waals surface area contributed by atoms with Crippen molar-refractivity contribution in [2.45, 2.75) is 0 Å². The quantitative estimate of drug-likeness (QED) is 0.512. The van der Waals surface area contributed by atoms with Crippen LogP contribution in [0.3, 0.4) is 0 Å². The summed E-state index contributed by atoms with van der Waals surface area (Å²) in [6.07, 6.45) is 0. The molecule has 0 aliphatic heterocycles. The van der Waals surface area contributed by atoms with Crippen molar-refractivity contribution in [3.63, 3.8) is 0 Å². The van der Waals surface area contributed by atoms with Gasteiger partial charge in [-0.3, -0.25) is 0 Å². The van der Waals surface area contributed by atoms with Crippen molar-refractivity contribution in [1.29, 1.82) is 0 Å². The van der Waals surface area contributed by atoms with Crippen LogP contribution in [0.5, 0.6) is 5.75 Å². The Morgan fingerprint density at radius 1 is 0.833 bits per heavy atom. The van der Waals surface area contributed by atoms with Crippen molar-refractivity contribution in [2.24, 2.45) is 0 Å². The van der Waals surface area contributed by atoms with Gasteiger partial charge in [0.25, 0.3) is 0 Å². The molecule has 0 bridgehead atoms. The van der Waals surface area contributed by atoms with Gasteiger partial charge in [0.2, 0.25) is 0 Å². The molecule has 3 N–H and O–H groups in total. The van der Waals surface area contributed by atoms with E-state index in [4.69, 9.17) is 57.2 Å². The number of hydrogen-bond acceptors (Lipinski definition) is 2. The summed E-state index contributed by atoms with van der Waals surface area (Å²) in [6.45, 7) is 0. The minimum atomic E-state index is 0.0133. The van der Waals surface area contributed by atoms with Crippen molar-refractivity contribution in [3.8, 4) is 5.75 Å². The van der Waals surface area contributed by atoms with E-state index in [1.165, 1.54) is 12.1 Å². The minimum absolute atomic E-state index is 0.0133. The second kappa shape index (κ2) is 6.95. The van der Waals surface area contributed by atoms with Crippen LogP contribution in [0.1, 0.15) is 0 Å². The summed E-state index contributed by atoms with van der Waals surface area (Å²) in [4.78, 5) is 0. The minimum Gasteiger partial charge on any atom is -0.508 e. The van der Waals surface area contributed by atoms with Gasteiger partial charge in [-0.05, 0) is 24.3 Å². The predicted octanol–water partition coefficient (Wildman–Crippen LogP) is 5.27. The van der Waals surface area contributed by atoms with Gasteiger partial charge in [-0.15, -0.1) is 0 Å². The number of aromatic hydroxyl groups is 1. The van der Waals surface area contributed by atoms with Gasteiger partial charge in [0.05, 0.1) is 15.1 Å². The van der Waals surface area contributed by atoms with E-state index in [1.807, 2.05) is 0 Å². The van der Waals surface area contributed by atoms with Gasteiger partial charge in [0, 0.05) is 22.8 Å². The van der Waals surface area contributed by atoms with Crippen LogP contribution in [0, 0.1) is 0 Å². The lowest BCUT2D eigenvalue weighted by Crippen LogP contribution is -1.80. The summed E-state index contributed by atoms with van der Waals surface area (Å²) >= 11 is 22.2. The number of hydrogen-bond donors (Lipinski definition) is 2. The van der Waals surface area contributed by atoms with Crippen LogP contribution in [-0.2, 0) is 0 Å². The monoisotopic (exact) mass is 323 g/mol. The maximum Gasteiger partial charge on any atom is 0.118 e. The fourth-order valence-corrected chi connectivity index (χ4v) is 1.72. The fourth-order valence-electron chi connectivity index (χ4n) is 1.00. The highest BCUT2D eigenvalue weighted by Gasteiger charge is 2.03. The summed E-state index contributed by atoms with van der Waals surface area (Å²) in [5.74, 6) is 0.0133. The first-order valence-electron chi connectivity index (χ1n) is 4.74. The largest absolute Gasteiger partial charge is 0.508 e. The van der Waals surface area contributed by atoms with E-state index in [-0.39, 0.29) is 20.8 Å². The molecule has 2 aromatic carbocycles. The molecule has 18 heavy (non-hydrogen) atoms. The Bertz CT molecular complexity index is 484. The number of phenols is 1. The summed E-state index contributed by atoms with van der Waals surface area (Å²) in [7, 11) is 0. The Balaban J connectivity index is 0.000000184. The first-order valence-corrected chi connectivity index (χ1v) is 6.26. The highest BCUT2D eigenvalue weighted by atomic mass is 35.5. The molecule has 0 amide bonds. The number of anilines is 1. The van der Waals surface area contributed by atoms with Crippen molar-refractivity contribution in [1.82, 2.24) is 0 Å². The van der Waals surface area contributed by atoms with Gasteiger partial charge in [0.1, 0.15) is 5.75 Å². The average Bonchev–Trinajstić information content (AvgIpc) is 2.31. The van der Waals surface area contributed by atoms with E-state index >= 15 is 0 Å². The molecule has 0 aliphatic carbocycles. The zero-order chi connectivity index (χ0) is 13.7. The van der Waals surface area contributed by atoms with Crippen LogP contribution in [0.15, 0.2) is 36.4 Å². The van der Waals surface area contributed by atoms with Crippen molar-refractivity contribution < 1.29 is 5.11 Å². The molecule has 96 valence electrons. The SMILES string of the molecule is Nc1ccc(Cl)cc1.Oc1cc(Cl)c(Cl)c(Cl)c1. The number of nitrogen functional groups attached to an aromatic ring is 1. The Labute approximate surface area is 125 Å². The molecule has 2 aromatic rings. The van der Waals surface area contributed by atoms with Crippen molar-refractivity contribution >= 4 is 52.1 Å². The Kier molecular flexibility index (Phi) is 5.89. The molecule has 0 atom stereocenters. The Morgan fingerprint density at radius 2 is 1.28 bits per heavy atom. The number of halogens is 4. The standard InChI is InChI=1S/C6H3Cl3O.C6H6ClN/c7-4-1-3(10)2-5(8)6(4)9;7-5-1-3-6(8)4-2-5/h1-2,10H;1-4H,8H2. The zero-order valence-corrected chi connectivity index (χ0v) is 12.0. The molecule has 6 heteroatoms. The number of rotatable bonds is 0. The summed E-state index contributed by atoms with van der Waals surface area (Å²) in [5, 5.41) is 10.4. The topological polar surface area (TPSA) is 46.2 Å². The molecule has 0 aromatic heterocycles. The third kappa shape index (κ3) is 4.83. The van der Waals surface area contributed by atoms with Gasteiger partial charge in [-0.1, -0.05) is 46.4 Å². The lowest BCUT2D eigenvalue weighted by atomic mass is 10.3. The summed E-state index contributed by atoms with van der Waals surface area (Å²) < 4.78 is 0. The first-order chi connectivity index (χ1) is 8.40. The van der Waals surface area contributed by atoms with E-state index in [9.17, 15) is 0 Å². The highest BCUT2D eigenvalue weighted by Crippen LogP contribution is 2.33. The second-order valence-corrected chi connectivity index (χ2v) is 4.90. The van der Waals surface area contributed by atoms with Crippen LogP contribution in [-0.4, -0.2) is 5.11 Å². The van der Waals surface area contributed by atoms with Crippen LogP contribution < -0.4 is 5.73 Å². The van der Waals surface area contributed by atoms with Gasteiger partial charge in [0.15, 0.2) is 0 Å². The van der Waals surface area contributed by atoms with E-state index < -0.39 is 0 Å². The smallest absolute Gasteiger partial charge is 0.118 e.